The highest BCUT2D eigenvalue weighted by molar-refractivity contribution is 6.31. The van der Waals surface area contributed by atoms with Crippen molar-refractivity contribution in [3.8, 4) is 11.3 Å². The molecule has 1 heterocycles. The Morgan fingerprint density at radius 1 is 1.04 bits per heavy atom. The first kappa shape index (κ1) is 16.7. The lowest BCUT2D eigenvalue weighted by Crippen LogP contribution is -2.16. The summed E-state index contributed by atoms with van der Waals surface area (Å²) < 4.78 is 0. The summed E-state index contributed by atoms with van der Waals surface area (Å²) in [6, 6.07) is 16.6. The fraction of sp³-hybridized carbons (Fsp3) is 0.250. The van der Waals surface area contributed by atoms with Crippen LogP contribution in [0.15, 0.2) is 48.5 Å². The van der Waals surface area contributed by atoms with Crippen LogP contribution >= 0.6 is 11.6 Å². The highest BCUT2D eigenvalue weighted by Gasteiger charge is 2.09. The van der Waals surface area contributed by atoms with E-state index in [0.717, 1.165) is 47.0 Å². The molecule has 3 nitrogen and oxygen atoms in total. The van der Waals surface area contributed by atoms with E-state index in [9.17, 15) is 0 Å². The second-order valence-electron chi connectivity index (χ2n) is 6.11. The molecule has 3 rings (SSSR count). The Balaban J connectivity index is 1.59. The van der Waals surface area contributed by atoms with E-state index in [1.165, 1.54) is 11.1 Å². The fourth-order valence-electron chi connectivity index (χ4n) is 2.78. The van der Waals surface area contributed by atoms with Gasteiger partial charge in [-0.1, -0.05) is 48.0 Å². The van der Waals surface area contributed by atoms with Gasteiger partial charge in [-0.05, 0) is 42.7 Å². The van der Waals surface area contributed by atoms with Crippen LogP contribution in [0.5, 0.6) is 0 Å². The first-order chi connectivity index (χ1) is 11.6. The SMILES string of the molecule is Cc1cc(C)c(-c2cc(CCNCc3ccccc3)[nH]n2)cc1Cl. The third-order valence-corrected chi connectivity index (χ3v) is 4.56. The number of benzene rings is 2. The standard InChI is InChI=1S/C20H22ClN3/c1-14-10-15(2)19(21)12-18(14)20-11-17(23-24-20)8-9-22-13-16-6-4-3-5-7-16/h3-7,10-12,22H,8-9,13H2,1-2H3,(H,23,24). The summed E-state index contributed by atoms with van der Waals surface area (Å²) in [5.74, 6) is 0. The number of halogens is 1. The van der Waals surface area contributed by atoms with Gasteiger partial charge in [-0.2, -0.15) is 5.10 Å². The van der Waals surface area contributed by atoms with Crippen LogP contribution in [0.4, 0.5) is 0 Å². The Morgan fingerprint density at radius 2 is 1.83 bits per heavy atom. The molecular weight excluding hydrogens is 318 g/mol. The van der Waals surface area contributed by atoms with Crippen molar-refractivity contribution in [1.29, 1.82) is 0 Å². The van der Waals surface area contributed by atoms with Gasteiger partial charge in [0.1, 0.15) is 0 Å². The summed E-state index contributed by atoms with van der Waals surface area (Å²) >= 11 is 6.26. The summed E-state index contributed by atoms with van der Waals surface area (Å²) in [5, 5.41) is 11.8. The van der Waals surface area contributed by atoms with Gasteiger partial charge in [0, 0.05) is 35.8 Å². The lowest BCUT2D eigenvalue weighted by molar-refractivity contribution is 0.679. The van der Waals surface area contributed by atoms with Crippen LogP contribution in [0.1, 0.15) is 22.4 Å². The van der Waals surface area contributed by atoms with Crippen LogP contribution in [-0.4, -0.2) is 16.7 Å². The Kier molecular flexibility index (Phi) is 5.34. The average molecular weight is 340 g/mol. The molecule has 3 aromatic rings. The molecule has 0 saturated carbocycles. The number of rotatable bonds is 6. The van der Waals surface area contributed by atoms with Gasteiger partial charge in [0.05, 0.1) is 5.69 Å². The Hall–Kier alpha value is -2.10. The molecule has 0 bridgehead atoms. The molecule has 0 atom stereocenters. The van der Waals surface area contributed by atoms with Crippen LogP contribution in [0, 0.1) is 13.8 Å². The molecule has 24 heavy (non-hydrogen) atoms. The number of nitrogens with one attached hydrogen (secondary N) is 2. The smallest absolute Gasteiger partial charge is 0.0926 e. The number of hydrogen-bond acceptors (Lipinski definition) is 2. The molecule has 0 radical (unpaired) electrons. The summed E-state index contributed by atoms with van der Waals surface area (Å²) in [6.45, 7) is 5.90. The van der Waals surface area contributed by atoms with Crippen LogP contribution < -0.4 is 5.32 Å². The van der Waals surface area contributed by atoms with Gasteiger partial charge >= 0.3 is 0 Å². The van der Waals surface area contributed by atoms with Crippen molar-refractivity contribution in [2.24, 2.45) is 0 Å². The van der Waals surface area contributed by atoms with Crippen LogP contribution in [0.25, 0.3) is 11.3 Å². The van der Waals surface area contributed by atoms with E-state index in [4.69, 9.17) is 11.6 Å². The van der Waals surface area contributed by atoms with Gasteiger partial charge in [-0.25, -0.2) is 0 Å². The van der Waals surface area contributed by atoms with Crippen molar-refractivity contribution in [3.05, 3.63) is 75.9 Å². The zero-order valence-corrected chi connectivity index (χ0v) is 14.8. The minimum absolute atomic E-state index is 0.782. The fourth-order valence-corrected chi connectivity index (χ4v) is 2.94. The minimum atomic E-state index is 0.782. The summed E-state index contributed by atoms with van der Waals surface area (Å²) in [4.78, 5) is 0. The van der Waals surface area contributed by atoms with Crippen LogP contribution in [0.3, 0.4) is 0 Å². The van der Waals surface area contributed by atoms with Gasteiger partial charge in [0.2, 0.25) is 0 Å². The van der Waals surface area contributed by atoms with Crippen molar-refractivity contribution in [2.45, 2.75) is 26.8 Å². The second-order valence-corrected chi connectivity index (χ2v) is 6.51. The zero-order chi connectivity index (χ0) is 16.9. The van der Waals surface area contributed by atoms with E-state index in [2.05, 4.69) is 58.8 Å². The quantitative estimate of drug-likeness (QED) is 0.640. The molecule has 1 aromatic heterocycles. The maximum Gasteiger partial charge on any atom is 0.0926 e. The van der Waals surface area contributed by atoms with Gasteiger partial charge in [-0.3, -0.25) is 5.10 Å². The molecule has 0 unspecified atom stereocenters. The molecule has 0 aliphatic rings. The molecule has 0 saturated heterocycles. The van der Waals surface area contributed by atoms with Gasteiger partial charge < -0.3 is 5.32 Å². The van der Waals surface area contributed by atoms with Crippen LogP contribution in [-0.2, 0) is 13.0 Å². The topological polar surface area (TPSA) is 40.7 Å². The maximum absolute atomic E-state index is 6.26. The molecular formula is C20H22ClN3. The number of H-pyrrole nitrogens is 1. The van der Waals surface area contributed by atoms with Crippen molar-refractivity contribution in [1.82, 2.24) is 15.5 Å². The second kappa shape index (κ2) is 7.65. The van der Waals surface area contributed by atoms with Gasteiger partial charge in [-0.15, -0.1) is 0 Å². The average Bonchev–Trinajstić information content (AvgIpc) is 3.04. The molecule has 0 fully saturated rings. The normalized spacial score (nSPS) is 11.0. The van der Waals surface area contributed by atoms with E-state index in [0.29, 0.717) is 0 Å². The predicted octanol–water partition coefficient (Wildman–Crippen LogP) is 4.68. The lowest BCUT2D eigenvalue weighted by atomic mass is 10.0. The number of aromatic amines is 1. The minimum Gasteiger partial charge on any atom is -0.312 e. The van der Waals surface area contributed by atoms with E-state index in [1.807, 2.05) is 19.1 Å². The number of aryl methyl sites for hydroxylation is 2. The first-order valence-corrected chi connectivity index (χ1v) is 8.57. The van der Waals surface area contributed by atoms with Gasteiger partial charge in [0.25, 0.3) is 0 Å². The molecule has 0 aliphatic carbocycles. The summed E-state index contributed by atoms with van der Waals surface area (Å²) in [7, 11) is 0. The van der Waals surface area contributed by atoms with Gasteiger partial charge in [0.15, 0.2) is 0 Å². The maximum atomic E-state index is 6.26. The van der Waals surface area contributed by atoms with Crippen molar-refractivity contribution in [3.63, 3.8) is 0 Å². The van der Waals surface area contributed by atoms with Crippen LogP contribution in [0.2, 0.25) is 5.02 Å². The number of nitrogens with zero attached hydrogens (tertiary/aromatic N) is 1. The van der Waals surface area contributed by atoms with Crippen molar-refractivity contribution in [2.75, 3.05) is 6.54 Å². The Morgan fingerprint density at radius 3 is 2.62 bits per heavy atom. The van der Waals surface area contributed by atoms with E-state index >= 15 is 0 Å². The van der Waals surface area contributed by atoms with E-state index < -0.39 is 0 Å². The highest BCUT2D eigenvalue weighted by Crippen LogP contribution is 2.28. The van der Waals surface area contributed by atoms with E-state index in [-0.39, 0.29) is 0 Å². The van der Waals surface area contributed by atoms with Crippen molar-refractivity contribution < 1.29 is 0 Å². The molecule has 0 amide bonds. The summed E-state index contributed by atoms with van der Waals surface area (Å²) in [5.41, 5.74) is 6.75. The van der Waals surface area contributed by atoms with Crippen molar-refractivity contribution >= 4 is 11.6 Å². The monoisotopic (exact) mass is 339 g/mol. The Labute approximate surface area is 148 Å². The third-order valence-electron chi connectivity index (χ3n) is 4.16. The predicted molar refractivity (Wildman–Crippen MR) is 100 cm³/mol. The first-order valence-electron chi connectivity index (χ1n) is 8.19. The highest BCUT2D eigenvalue weighted by atomic mass is 35.5. The molecule has 4 heteroatoms. The molecule has 0 spiro atoms. The molecule has 2 N–H and O–H groups in total. The largest absolute Gasteiger partial charge is 0.312 e. The molecule has 2 aromatic carbocycles. The van der Waals surface area contributed by atoms with E-state index in [1.54, 1.807) is 0 Å². The number of aromatic nitrogens is 2. The lowest BCUT2D eigenvalue weighted by Gasteiger charge is -2.06. The molecule has 124 valence electrons. The Bertz CT molecular complexity index is 809. The summed E-state index contributed by atoms with van der Waals surface area (Å²) in [6.07, 6.45) is 0.915. The zero-order valence-electron chi connectivity index (χ0n) is 14.1. The third kappa shape index (κ3) is 4.05. The number of hydrogen-bond donors (Lipinski definition) is 2. The molecule has 0 aliphatic heterocycles.